The predicted octanol–water partition coefficient (Wildman–Crippen LogP) is 2.39. The summed E-state index contributed by atoms with van der Waals surface area (Å²) in [5.74, 6) is 0.846. The second kappa shape index (κ2) is 4.70. The van der Waals surface area contributed by atoms with Crippen molar-refractivity contribution in [2.24, 2.45) is 0 Å². The van der Waals surface area contributed by atoms with Crippen LogP contribution in [0.4, 0.5) is 0 Å². The maximum Gasteiger partial charge on any atom is 0.333 e. The Morgan fingerprint density at radius 3 is 2.85 bits per heavy atom. The van der Waals surface area contributed by atoms with E-state index in [1.54, 1.807) is 0 Å². The topological polar surface area (TPSA) is 26.3 Å². The van der Waals surface area contributed by atoms with Crippen LogP contribution in [0.1, 0.15) is 27.2 Å². The zero-order valence-electron chi connectivity index (χ0n) is 8.42. The first kappa shape index (κ1) is 10.6. The Morgan fingerprint density at radius 1 is 1.69 bits per heavy atom. The van der Waals surface area contributed by atoms with Crippen LogP contribution in [0.3, 0.4) is 0 Å². The van der Waals surface area contributed by atoms with Gasteiger partial charge in [-0.25, -0.2) is 4.79 Å². The highest BCUT2D eigenvalue weighted by molar-refractivity contribution is 8.00. The Kier molecular flexibility index (Phi) is 3.85. The van der Waals surface area contributed by atoms with E-state index in [4.69, 9.17) is 4.74 Å². The number of hydrogen-bond donors (Lipinski definition) is 0. The molecular weight excluding hydrogens is 184 g/mol. The molecule has 1 aliphatic heterocycles. The van der Waals surface area contributed by atoms with E-state index >= 15 is 0 Å². The third-order valence-corrected chi connectivity index (χ3v) is 3.44. The van der Waals surface area contributed by atoms with E-state index in [0.717, 1.165) is 17.7 Å². The van der Waals surface area contributed by atoms with Gasteiger partial charge < -0.3 is 4.74 Å². The molecule has 1 fully saturated rings. The molecule has 1 rings (SSSR count). The molecule has 1 heterocycles. The summed E-state index contributed by atoms with van der Waals surface area (Å²) < 4.78 is 4.95. The monoisotopic (exact) mass is 200 g/mol. The number of thioether (sulfide) groups is 1. The highest BCUT2D eigenvalue weighted by Crippen LogP contribution is 2.32. The molecule has 3 heteroatoms. The summed E-state index contributed by atoms with van der Waals surface area (Å²) in [6.45, 7) is 6.36. The van der Waals surface area contributed by atoms with Crippen LogP contribution in [0.5, 0.6) is 0 Å². The minimum Gasteiger partial charge on any atom is -0.463 e. The van der Waals surface area contributed by atoms with Crippen molar-refractivity contribution < 1.29 is 9.53 Å². The summed E-state index contributed by atoms with van der Waals surface area (Å²) in [4.78, 5) is 11.3. The molecule has 0 radical (unpaired) electrons. The Hall–Kier alpha value is -0.440. The van der Waals surface area contributed by atoms with E-state index in [2.05, 4.69) is 6.92 Å². The molecule has 13 heavy (non-hydrogen) atoms. The number of esters is 1. The van der Waals surface area contributed by atoms with E-state index in [1.807, 2.05) is 25.6 Å². The summed E-state index contributed by atoms with van der Waals surface area (Å²) in [7, 11) is 0. The highest BCUT2D eigenvalue weighted by Gasteiger charge is 2.20. The minimum atomic E-state index is -0.146. The minimum absolute atomic E-state index is 0.146. The fourth-order valence-corrected chi connectivity index (χ4v) is 2.49. The van der Waals surface area contributed by atoms with Crippen LogP contribution in [0.15, 0.2) is 11.1 Å². The molecule has 1 saturated heterocycles. The maximum absolute atomic E-state index is 11.3. The quantitative estimate of drug-likeness (QED) is 0.506. The molecule has 0 amide bonds. The van der Waals surface area contributed by atoms with Crippen molar-refractivity contribution in [2.75, 3.05) is 12.4 Å². The summed E-state index contributed by atoms with van der Waals surface area (Å²) >= 11 is 1.90. The van der Waals surface area contributed by atoms with Crippen molar-refractivity contribution >= 4 is 17.7 Å². The van der Waals surface area contributed by atoms with Gasteiger partial charge in [0.25, 0.3) is 0 Å². The fraction of sp³-hybridized carbons (Fsp3) is 0.700. The van der Waals surface area contributed by atoms with Crippen molar-refractivity contribution in [1.82, 2.24) is 0 Å². The first-order chi connectivity index (χ1) is 6.15. The standard InChI is InChI=1S/C10H16O2S/c1-4-12-10(11)8(3)9-5-7(2)13-6-9/h7H,4-6H2,1-3H3. The molecule has 0 aromatic carbocycles. The molecule has 1 aliphatic rings. The Morgan fingerprint density at radius 2 is 2.38 bits per heavy atom. The fourth-order valence-electron chi connectivity index (χ4n) is 1.35. The second-order valence-corrected chi connectivity index (χ2v) is 4.70. The van der Waals surface area contributed by atoms with Crippen LogP contribution in [-0.2, 0) is 9.53 Å². The molecule has 2 nitrogen and oxygen atoms in total. The predicted molar refractivity (Wildman–Crippen MR) is 55.9 cm³/mol. The first-order valence-electron chi connectivity index (χ1n) is 4.62. The van der Waals surface area contributed by atoms with Crippen LogP contribution in [0.25, 0.3) is 0 Å². The average Bonchev–Trinajstić information content (AvgIpc) is 2.51. The molecular formula is C10H16O2S. The second-order valence-electron chi connectivity index (χ2n) is 3.27. The van der Waals surface area contributed by atoms with E-state index in [-0.39, 0.29) is 5.97 Å². The summed E-state index contributed by atoms with van der Waals surface area (Å²) in [6, 6.07) is 0. The first-order valence-corrected chi connectivity index (χ1v) is 5.67. The van der Waals surface area contributed by atoms with E-state index in [0.29, 0.717) is 11.9 Å². The zero-order valence-corrected chi connectivity index (χ0v) is 9.24. The van der Waals surface area contributed by atoms with Crippen LogP contribution in [0.2, 0.25) is 0 Å². The van der Waals surface area contributed by atoms with Gasteiger partial charge in [0, 0.05) is 16.6 Å². The summed E-state index contributed by atoms with van der Waals surface area (Å²) in [6.07, 6.45) is 1.04. The summed E-state index contributed by atoms with van der Waals surface area (Å²) in [5, 5.41) is 0.652. The normalized spacial score (nSPS) is 25.9. The molecule has 0 aliphatic carbocycles. The maximum atomic E-state index is 11.3. The highest BCUT2D eigenvalue weighted by atomic mass is 32.2. The van der Waals surface area contributed by atoms with Gasteiger partial charge in [0.1, 0.15) is 0 Å². The summed E-state index contributed by atoms with van der Waals surface area (Å²) in [5.41, 5.74) is 2.08. The van der Waals surface area contributed by atoms with Crippen LogP contribution < -0.4 is 0 Å². The van der Waals surface area contributed by atoms with Gasteiger partial charge >= 0.3 is 5.97 Å². The molecule has 1 unspecified atom stereocenters. The average molecular weight is 200 g/mol. The SMILES string of the molecule is CCOC(=O)C(C)=C1CSC(C)C1. The third-order valence-electron chi connectivity index (χ3n) is 2.19. The van der Waals surface area contributed by atoms with E-state index < -0.39 is 0 Å². The Bertz CT molecular complexity index is 233. The third kappa shape index (κ3) is 2.76. The largest absolute Gasteiger partial charge is 0.463 e. The molecule has 0 spiro atoms. The zero-order chi connectivity index (χ0) is 9.84. The lowest BCUT2D eigenvalue weighted by Gasteiger charge is -2.04. The molecule has 0 N–H and O–H groups in total. The Balaban J connectivity index is 2.63. The molecule has 1 atom stereocenters. The van der Waals surface area contributed by atoms with Gasteiger partial charge in [0.05, 0.1) is 6.61 Å². The van der Waals surface area contributed by atoms with Gasteiger partial charge in [-0.05, 0) is 25.8 Å². The van der Waals surface area contributed by atoms with Gasteiger partial charge in [-0.2, -0.15) is 11.8 Å². The van der Waals surface area contributed by atoms with Crippen molar-refractivity contribution in [3.05, 3.63) is 11.1 Å². The van der Waals surface area contributed by atoms with Crippen LogP contribution in [-0.4, -0.2) is 23.6 Å². The lowest BCUT2D eigenvalue weighted by atomic mass is 10.1. The van der Waals surface area contributed by atoms with Gasteiger partial charge in [-0.1, -0.05) is 6.92 Å². The molecule has 0 aromatic heterocycles. The van der Waals surface area contributed by atoms with Crippen molar-refractivity contribution in [3.8, 4) is 0 Å². The Labute approximate surface area is 83.7 Å². The molecule has 74 valence electrons. The molecule has 0 saturated carbocycles. The van der Waals surface area contributed by atoms with Crippen LogP contribution >= 0.6 is 11.8 Å². The molecule has 0 bridgehead atoms. The molecule has 0 aromatic rings. The lowest BCUT2D eigenvalue weighted by Crippen LogP contribution is -2.07. The number of carbonyl (C=O) groups excluding carboxylic acids is 1. The number of rotatable bonds is 2. The van der Waals surface area contributed by atoms with Crippen molar-refractivity contribution in [1.29, 1.82) is 0 Å². The lowest BCUT2D eigenvalue weighted by molar-refractivity contribution is -0.138. The van der Waals surface area contributed by atoms with E-state index in [9.17, 15) is 4.79 Å². The van der Waals surface area contributed by atoms with Gasteiger partial charge in [0.2, 0.25) is 0 Å². The van der Waals surface area contributed by atoms with Gasteiger partial charge in [-0.3, -0.25) is 0 Å². The van der Waals surface area contributed by atoms with Gasteiger partial charge in [-0.15, -0.1) is 0 Å². The van der Waals surface area contributed by atoms with Gasteiger partial charge in [0.15, 0.2) is 0 Å². The van der Waals surface area contributed by atoms with Crippen molar-refractivity contribution in [3.63, 3.8) is 0 Å². The number of hydrogen-bond acceptors (Lipinski definition) is 3. The van der Waals surface area contributed by atoms with E-state index in [1.165, 1.54) is 5.57 Å². The smallest absolute Gasteiger partial charge is 0.333 e. The number of ether oxygens (including phenoxy) is 1. The van der Waals surface area contributed by atoms with Crippen LogP contribution in [0, 0.1) is 0 Å². The van der Waals surface area contributed by atoms with Crippen molar-refractivity contribution in [2.45, 2.75) is 32.4 Å². The number of carbonyl (C=O) groups is 1.